The molecule has 5 rings (SSSR count). The monoisotopic (exact) mass is 437 g/mol. The molecule has 1 aromatic carbocycles. The Morgan fingerprint density at radius 1 is 1.13 bits per heavy atom. The first kappa shape index (κ1) is 19.9. The van der Waals surface area contributed by atoms with Crippen molar-refractivity contribution in [2.24, 2.45) is 23.7 Å². The molecule has 0 spiro atoms. The van der Waals surface area contributed by atoms with E-state index in [9.17, 15) is 14.4 Å². The number of carbonyl (C=O) groups is 3. The lowest BCUT2D eigenvalue weighted by molar-refractivity contribution is -0.143. The zero-order valence-electron chi connectivity index (χ0n) is 17.0. The molecule has 2 aromatic rings. The van der Waals surface area contributed by atoms with Crippen LogP contribution in [-0.2, 0) is 16.0 Å². The number of rotatable bonds is 6. The van der Waals surface area contributed by atoms with Crippen LogP contribution in [0.25, 0.3) is 0 Å². The number of fused-ring (bicyclic) bond motifs is 5. The van der Waals surface area contributed by atoms with Crippen molar-refractivity contribution < 1.29 is 14.4 Å². The van der Waals surface area contributed by atoms with Gasteiger partial charge in [-0.2, -0.15) is 0 Å². The van der Waals surface area contributed by atoms with Crippen molar-refractivity contribution in [2.45, 2.75) is 25.8 Å². The van der Waals surface area contributed by atoms with Gasteiger partial charge in [-0.15, -0.1) is 10.2 Å². The number of likely N-dealkylation sites (tertiary alicyclic amines) is 1. The van der Waals surface area contributed by atoms with Crippen LogP contribution < -0.4 is 10.6 Å². The molecule has 1 saturated carbocycles. The van der Waals surface area contributed by atoms with E-state index in [-0.39, 0.29) is 42.0 Å². The number of amides is 4. The molecule has 4 amide bonds. The molecule has 2 N–H and O–H groups in total. The molecule has 160 valence electrons. The standard InChI is InChI=1S/C22H23N5O3S/c1-2-16-25-26-22(31-16)24-21(30)23-11-15(12-6-4-3-5-7-12)27-19(28)17-13-8-9-14(10-13)18(17)20(27)29/h3-9,13-15,17-18H,2,10-11H2,1H3,(H2,23,24,26,30). The van der Waals surface area contributed by atoms with E-state index in [1.165, 1.54) is 16.2 Å². The average Bonchev–Trinajstić information content (AvgIpc) is 3.55. The molecule has 5 atom stereocenters. The Morgan fingerprint density at radius 2 is 1.81 bits per heavy atom. The van der Waals surface area contributed by atoms with Crippen LogP contribution >= 0.6 is 11.3 Å². The van der Waals surface area contributed by atoms with E-state index in [4.69, 9.17) is 0 Å². The molecule has 2 aliphatic carbocycles. The summed E-state index contributed by atoms with van der Waals surface area (Å²) in [5, 5.41) is 14.7. The molecule has 31 heavy (non-hydrogen) atoms. The van der Waals surface area contributed by atoms with Crippen molar-refractivity contribution in [3.63, 3.8) is 0 Å². The number of carbonyl (C=O) groups excluding carboxylic acids is 3. The summed E-state index contributed by atoms with van der Waals surface area (Å²) in [6, 6.07) is 8.38. The number of nitrogens with zero attached hydrogens (tertiary/aromatic N) is 3. The number of aromatic nitrogens is 2. The Balaban J connectivity index is 1.34. The highest BCUT2D eigenvalue weighted by Gasteiger charge is 2.60. The maximum absolute atomic E-state index is 13.3. The molecule has 8 nitrogen and oxygen atoms in total. The fourth-order valence-corrected chi connectivity index (χ4v) is 5.72. The minimum atomic E-state index is -0.558. The second-order valence-electron chi connectivity index (χ2n) is 8.16. The van der Waals surface area contributed by atoms with Gasteiger partial charge in [0.1, 0.15) is 5.01 Å². The third-order valence-corrected chi connectivity index (χ3v) is 7.43. The van der Waals surface area contributed by atoms with E-state index in [1.807, 2.05) is 37.3 Å². The number of nitrogens with one attached hydrogen (secondary N) is 2. The number of aryl methyl sites for hydroxylation is 1. The van der Waals surface area contributed by atoms with Crippen molar-refractivity contribution in [2.75, 3.05) is 11.9 Å². The van der Waals surface area contributed by atoms with E-state index < -0.39 is 12.1 Å². The number of anilines is 1. The van der Waals surface area contributed by atoms with E-state index in [0.717, 1.165) is 23.4 Å². The van der Waals surface area contributed by atoms with Gasteiger partial charge < -0.3 is 5.32 Å². The zero-order valence-corrected chi connectivity index (χ0v) is 17.8. The molecule has 1 aliphatic heterocycles. The molecule has 2 bridgehead atoms. The number of benzene rings is 1. The van der Waals surface area contributed by atoms with E-state index in [2.05, 4.69) is 33.0 Å². The number of hydrogen-bond donors (Lipinski definition) is 2. The van der Waals surface area contributed by atoms with Crippen molar-refractivity contribution >= 4 is 34.3 Å². The van der Waals surface area contributed by atoms with Gasteiger partial charge in [0.15, 0.2) is 0 Å². The number of urea groups is 1. The number of imide groups is 1. The van der Waals surface area contributed by atoms with Gasteiger partial charge in [0.05, 0.1) is 17.9 Å². The van der Waals surface area contributed by atoms with Crippen molar-refractivity contribution in [3.8, 4) is 0 Å². The molecule has 1 aromatic heterocycles. The largest absolute Gasteiger partial charge is 0.335 e. The van der Waals surface area contributed by atoms with E-state index >= 15 is 0 Å². The Kier molecular flexibility index (Phi) is 5.05. The molecule has 2 heterocycles. The fourth-order valence-electron chi connectivity index (χ4n) is 5.04. The lowest BCUT2D eigenvalue weighted by Gasteiger charge is -2.28. The van der Waals surface area contributed by atoms with Crippen molar-refractivity contribution in [1.29, 1.82) is 0 Å². The maximum atomic E-state index is 13.3. The summed E-state index contributed by atoms with van der Waals surface area (Å²) in [5.41, 5.74) is 0.814. The lowest BCUT2D eigenvalue weighted by Crippen LogP contribution is -2.43. The second kappa shape index (κ2) is 7.88. The summed E-state index contributed by atoms with van der Waals surface area (Å²) < 4.78 is 0. The Labute approximate surface area is 183 Å². The SMILES string of the molecule is CCc1nnc(NC(=O)NCC(c2ccccc2)N2C(=O)C3C4C=CC(C4)C3C2=O)s1. The molecule has 5 unspecified atom stereocenters. The van der Waals surface area contributed by atoms with Crippen molar-refractivity contribution in [3.05, 3.63) is 53.1 Å². The fraction of sp³-hybridized carbons (Fsp3) is 0.409. The van der Waals surface area contributed by atoms with Gasteiger partial charge in [0, 0.05) is 6.54 Å². The maximum Gasteiger partial charge on any atom is 0.321 e. The molecule has 1 saturated heterocycles. The van der Waals surface area contributed by atoms with Crippen LogP contribution in [-0.4, -0.2) is 39.5 Å². The molecular weight excluding hydrogens is 414 g/mol. The van der Waals surface area contributed by atoms with Gasteiger partial charge in [-0.3, -0.25) is 19.8 Å². The minimum absolute atomic E-state index is 0.120. The molecule has 3 aliphatic rings. The molecular formula is C22H23N5O3S. The number of allylic oxidation sites excluding steroid dienone is 2. The minimum Gasteiger partial charge on any atom is -0.335 e. The van der Waals surface area contributed by atoms with Gasteiger partial charge in [-0.25, -0.2) is 4.79 Å². The lowest BCUT2D eigenvalue weighted by atomic mass is 9.85. The zero-order chi connectivity index (χ0) is 21.5. The Hall–Kier alpha value is -3.07. The normalized spacial score (nSPS) is 26.9. The Bertz CT molecular complexity index is 1020. The van der Waals surface area contributed by atoms with Gasteiger partial charge in [-0.05, 0) is 30.2 Å². The van der Waals surface area contributed by atoms with Crippen LogP contribution in [0, 0.1) is 23.7 Å². The van der Waals surface area contributed by atoms with Crippen LogP contribution in [0.3, 0.4) is 0 Å². The summed E-state index contributed by atoms with van der Waals surface area (Å²) >= 11 is 1.32. The molecule has 2 fully saturated rings. The first-order valence-electron chi connectivity index (χ1n) is 10.5. The highest BCUT2D eigenvalue weighted by Crippen LogP contribution is 2.53. The summed E-state index contributed by atoms with van der Waals surface area (Å²) in [7, 11) is 0. The highest BCUT2D eigenvalue weighted by atomic mass is 32.1. The van der Waals surface area contributed by atoms with Gasteiger partial charge in [-0.1, -0.05) is 60.7 Å². The van der Waals surface area contributed by atoms with Crippen molar-refractivity contribution in [1.82, 2.24) is 20.4 Å². The third-order valence-electron chi connectivity index (χ3n) is 6.45. The van der Waals surface area contributed by atoms with Crippen LogP contribution in [0.4, 0.5) is 9.93 Å². The van der Waals surface area contributed by atoms with Crippen LogP contribution in [0.2, 0.25) is 0 Å². The molecule has 9 heteroatoms. The summed E-state index contributed by atoms with van der Waals surface area (Å²) in [4.78, 5) is 40.4. The summed E-state index contributed by atoms with van der Waals surface area (Å²) in [5.74, 6) is -0.490. The quantitative estimate of drug-likeness (QED) is 0.534. The molecule has 0 radical (unpaired) electrons. The predicted molar refractivity (Wildman–Crippen MR) is 115 cm³/mol. The highest BCUT2D eigenvalue weighted by molar-refractivity contribution is 7.15. The third kappa shape index (κ3) is 3.42. The first-order valence-corrected chi connectivity index (χ1v) is 11.4. The van der Waals surface area contributed by atoms with E-state index in [1.54, 1.807) is 0 Å². The van der Waals surface area contributed by atoms with Crippen LogP contribution in [0.15, 0.2) is 42.5 Å². The average molecular weight is 438 g/mol. The van der Waals surface area contributed by atoms with Crippen LogP contribution in [0.5, 0.6) is 0 Å². The van der Waals surface area contributed by atoms with Crippen LogP contribution in [0.1, 0.15) is 30.0 Å². The van der Waals surface area contributed by atoms with E-state index in [0.29, 0.717) is 5.13 Å². The smallest absolute Gasteiger partial charge is 0.321 e. The topological polar surface area (TPSA) is 104 Å². The summed E-state index contributed by atoms with van der Waals surface area (Å²) in [6.45, 7) is 2.09. The Morgan fingerprint density at radius 3 is 2.42 bits per heavy atom. The van der Waals surface area contributed by atoms with Gasteiger partial charge >= 0.3 is 6.03 Å². The van der Waals surface area contributed by atoms with Gasteiger partial charge in [0.2, 0.25) is 16.9 Å². The predicted octanol–water partition coefficient (Wildman–Crippen LogP) is 2.77. The van der Waals surface area contributed by atoms with Gasteiger partial charge in [0.25, 0.3) is 0 Å². The first-order chi connectivity index (χ1) is 15.1. The number of hydrogen-bond acceptors (Lipinski definition) is 6. The second-order valence-corrected chi connectivity index (χ2v) is 9.22. The summed E-state index contributed by atoms with van der Waals surface area (Å²) in [6.07, 6.45) is 5.79.